The Labute approximate surface area is 115 Å². The third-order valence-electron chi connectivity index (χ3n) is 2.31. The average molecular weight is 456 g/mol. The molecule has 0 aliphatic carbocycles. The Morgan fingerprint density at radius 3 is 2.38 bits per heavy atom. The minimum absolute atomic E-state index is 0.0602. The molecule has 1 aliphatic heterocycles. The van der Waals surface area contributed by atoms with Crippen molar-refractivity contribution in [3.8, 4) is 0 Å². The predicted octanol–water partition coefficient (Wildman–Crippen LogP) is -1.77. The summed E-state index contributed by atoms with van der Waals surface area (Å²) in [6, 6.07) is 0. The van der Waals surface area contributed by atoms with E-state index in [-0.39, 0.29) is 37.0 Å². The molecule has 0 saturated carbocycles. The summed E-state index contributed by atoms with van der Waals surface area (Å²) in [5, 5.41) is 0. The van der Waals surface area contributed by atoms with Gasteiger partial charge in [-0.05, 0) is 0 Å². The molecule has 1 aliphatic rings. The molecule has 6 heteroatoms. The van der Waals surface area contributed by atoms with Gasteiger partial charge in [0.2, 0.25) is 0 Å². The zero-order valence-corrected chi connectivity index (χ0v) is 14.6. The molecule has 1 heterocycles. The number of rotatable bonds is 6. The van der Waals surface area contributed by atoms with Crippen LogP contribution in [0.2, 0.25) is 0 Å². The van der Waals surface area contributed by atoms with Gasteiger partial charge >= 0.3 is 116 Å². The minimum atomic E-state index is -0.936. The number of esters is 1. The summed E-state index contributed by atoms with van der Waals surface area (Å²) in [6.07, 6.45) is -0.400. The molecule has 1 fully saturated rings. The molecule has 0 spiro atoms. The molecule has 1 rings (SSSR count). The van der Waals surface area contributed by atoms with Crippen LogP contribution in [0.3, 0.4) is 0 Å². The van der Waals surface area contributed by atoms with Crippen molar-refractivity contribution in [3.05, 3.63) is 0 Å². The Morgan fingerprint density at radius 2 is 2.06 bits per heavy atom. The van der Waals surface area contributed by atoms with Crippen LogP contribution in [0.4, 0.5) is 0 Å². The molecule has 98 valence electrons. The first-order valence-corrected chi connectivity index (χ1v) is 13.0. The fourth-order valence-corrected chi connectivity index (χ4v) is 12.0. The third-order valence-corrected chi connectivity index (χ3v) is 10.3. The van der Waals surface area contributed by atoms with Crippen molar-refractivity contribution in [2.45, 2.75) is 28.1 Å². The van der Waals surface area contributed by atoms with Gasteiger partial charge in [0.1, 0.15) is 0 Å². The van der Waals surface area contributed by atoms with E-state index in [1.807, 2.05) is 13.8 Å². The third kappa shape index (κ3) is 3.95. The Balaban J connectivity index is 2.48. The van der Waals surface area contributed by atoms with Crippen molar-refractivity contribution >= 4 is 26.1 Å². The number of hydrogen-bond acceptors (Lipinski definition) is 4. The predicted molar refractivity (Wildman–Crippen MR) is 68.3 cm³/mol. The first-order chi connectivity index (χ1) is 7.51. The zero-order valence-electron chi connectivity index (χ0n) is 10.3. The second-order valence-electron chi connectivity index (χ2n) is 3.93. The van der Waals surface area contributed by atoms with Crippen LogP contribution >= 0.6 is 20.1 Å². The topological polar surface area (TPSA) is 57.5 Å². The summed E-state index contributed by atoms with van der Waals surface area (Å²) in [5.74, 6) is 0.142. The van der Waals surface area contributed by atoms with Crippen LogP contribution in [0.1, 0.15) is 13.8 Å². The summed E-state index contributed by atoms with van der Waals surface area (Å²) >= 11 is -1.05. The SMILES string of the molecule is COC(OC(=O)C([I-]C)C1NI1C)C(C)C. The molecule has 0 aromatic carbocycles. The van der Waals surface area contributed by atoms with E-state index in [9.17, 15) is 4.79 Å². The average Bonchev–Trinajstić information content (AvgIpc) is 2.92. The van der Waals surface area contributed by atoms with Crippen molar-refractivity contribution in [3.63, 3.8) is 0 Å². The molecular formula is C10H20I2NO3-. The first kappa shape index (κ1) is 14.9. The molecule has 4 nitrogen and oxygen atoms in total. The van der Waals surface area contributed by atoms with Gasteiger partial charge in [-0.3, -0.25) is 0 Å². The van der Waals surface area contributed by atoms with Crippen molar-refractivity contribution < 1.29 is 35.5 Å². The summed E-state index contributed by atoms with van der Waals surface area (Å²) in [7, 11) is 1.59. The Bertz CT molecular complexity index is 250. The van der Waals surface area contributed by atoms with E-state index in [1.54, 1.807) is 7.11 Å². The van der Waals surface area contributed by atoms with Gasteiger partial charge in [-0.2, -0.15) is 0 Å². The standard InChI is InChI=1S/C10H20I2NO3/c1-6(2)10(15-5)16-9(14)7(11-3)8-12(4)13-8/h6-8,10,13H,1-5H3/q-1. The number of halogens is 2. The van der Waals surface area contributed by atoms with Gasteiger partial charge in [-0.25, -0.2) is 0 Å². The van der Waals surface area contributed by atoms with Gasteiger partial charge in [-0.1, -0.05) is 0 Å². The zero-order chi connectivity index (χ0) is 12.3. The van der Waals surface area contributed by atoms with Crippen LogP contribution in [0.15, 0.2) is 0 Å². The molecule has 1 N–H and O–H groups in total. The van der Waals surface area contributed by atoms with Crippen molar-refractivity contribution in [2.24, 2.45) is 5.92 Å². The van der Waals surface area contributed by atoms with Crippen molar-refractivity contribution in [1.82, 2.24) is 3.53 Å². The Hall–Kier alpha value is 0.850. The van der Waals surface area contributed by atoms with E-state index in [0.717, 1.165) is 0 Å². The Kier molecular flexibility index (Phi) is 6.24. The molecule has 0 radical (unpaired) electrons. The fourth-order valence-electron chi connectivity index (χ4n) is 1.32. The first-order valence-electron chi connectivity index (χ1n) is 5.07. The number of methoxy groups -OCH3 is 1. The monoisotopic (exact) mass is 456 g/mol. The second kappa shape index (κ2) is 6.69. The van der Waals surface area contributed by atoms with E-state index in [1.165, 1.54) is 0 Å². The van der Waals surface area contributed by atoms with E-state index >= 15 is 0 Å². The molecule has 3 unspecified atom stereocenters. The van der Waals surface area contributed by atoms with Crippen molar-refractivity contribution in [2.75, 3.05) is 17.0 Å². The van der Waals surface area contributed by atoms with Gasteiger partial charge in [-0.15, -0.1) is 0 Å². The van der Waals surface area contributed by atoms with Gasteiger partial charge in [0.05, 0.1) is 0 Å². The number of carbonyl (C=O) groups is 1. The molecular weight excluding hydrogens is 436 g/mol. The number of nitrogens with one attached hydrogen (secondary N) is 1. The van der Waals surface area contributed by atoms with Gasteiger partial charge < -0.3 is 0 Å². The van der Waals surface area contributed by atoms with Crippen LogP contribution < -0.4 is 24.7 Å². The second-order valence-corrected chi connectivity index (χ2v) is 11.4. The Morgan fingerprint density at radius 1 is 1.50 bits per heavy atom. The summed E-state index contributed by atoms with van der Waals surface area (Å²) in [6.45, 7) is 3.98. The maximum absolute atomic E-state index is 12.0. The van der Waals surface area contributed by atoms with Crippen LogP contribution in [0, 0.1) is 5.92 Å². The van der Waals surface area contributed by atoms with Gasteiger partial charge in [0.25, 0.3) is 0 Å². The summed E-state index contributed by atoms with van der Waals surface area (Å²) in [5.41, 5.74) is 0. The number of hydrogen-bond donors (Lipinski definition) is 1. The molecule has 0 aromatic rings. The van der Waals surface area contributed by atoms with Crippen LogP contribution in [-0.4, -0.2) is 37.2 Å². The van der Waals surface area contributed by atoms with Crippen LogP contribution in [-0.2, 0) is 14.3 Å². The molecule has 0 bridgehead atoms. The fraction of sp³-hybridized carbons (Fsp3) is 0.900. The van der Waals surface area contributed by atoms with E-state index in [0.29, 0.717) is 4.05 Å². The van der Waals surface area contributed by atoms with Gasteiger partial charge in [0, 0.05) is 0 Å². The molecule has 0 amide bonds. The summed E-state index contributed by atoms with van der Waals surface area (Å²) in [4.78, 5) is 16.4. The van der Waals surface area contributed by atoms with Crippen LogP contribution in [0.5, 0.6) is 0 Å². The molecule has 1 saturated heterocycles. The van der Waals surface area contributed by atoms with Gasteiger partial charge in [0.15, 0.2) is 0 Å². The number of carbonyl (C=O) groups excluding carboxylic acids is 1. The van der Waals surface area contributed by atoms with E-state index < -0.39 is 26.4 Å². The van der Waals surface area contributed by atoms with E-state index in [4.69, 9.17) is 9.47 Å². The quantitative estimate of drug-likeness (QED) is 0.0979. The van der Waals surface area contributed by atoms with Crippen molar-refractivity contribution in [1.29, 1.82) is 0 Å². The molecule has 0 aromatic heterocycles. The summed E-state index contributed by atoms with van der Waals surface area (Å²) < 4.78 is 14.6. The maximum atomic E-state index is 12.0. The number of ether oxygens (including phenoxy) is 2. The molecule has 3 atom stereocenters. The van der Waals surface area contributed by atoms with Crippen LogP contribution in [0.25, 0.3) is 0 Å². The number of alkyl halides is 4. The molecule has 16 heavy (non-hydrogen) atoms. The normalized spacial score (nSPS) is 25.6. The van der Waals surface area contributed by atoms with E-state index in [2.05, 4.69) is 13.4 Å².